The predicted molar refractivity (Wildman–Crippen MR) is 109 cm³/mol. The standard InChI is InChI=1S/C24H32O8.Na/c1-24-9-8-14-13-5-3-12(10-11(13)2-4-15(14)16(24)6-7-17(24)25)31-23-20(28)18(26)19(27)21(32-23)22(29)30;/h3,5,10,14-21,23,25-28H,2,4,6-9H2,1H3,(H,29,30);/q;+1/p-1/t14?,15?,16?,17-,18-,19-,20+,21-,23+,24?;/m0./s1/i7D2,17D;. The van der Waals surface area contributed by atoms with Crippen molar-refractivity contribution in [3.63, 3.8) is 0 Å². The van der Waals surface area contributed by atoms with Gasteiger partial charge in [-0.2, -0.15) is 0 Å². The molecular formula is C24H31NaO8. The summed E-state index contributed by atoms with van der Waals surface area (Å²) in [4.78, 5) is 11.2. The van der Waals surface area contributed by atoms with Gasteiger partial charge in [0.2, 0.25) is 6.29 Å². The summed E-state index contributed by atoms with van der Waals surface area (Å²) in [7, 11) is 0. The molecule has 10 atom stereocenters. The van der Waals surface area contributed by atoms with E-state index in [1.165, 1.54) is 0 Å². The summed E-state index contributed by atoms with van der Waals surface area (Å²) in [6.45, 7) is 1.85. The minimum Gasteiger partial charge on any atom is -0.547 e. The van der Waals surface area contributed by atoms with Gasteiger partial charge < -0.3 is 39.8 Å². The fourth-order valence-electron chi connectivity index (χ4n) is 6.31. The molecule has 3 fully saturated rings. The molecule has 1 aromatic rings. The molecule has 0 bridgehead atoms. The first-order valence-corrected chi connectivity index (χ1v) is 11.2. The molecule has 33 heavy (non-hydrogen) atoms. The van der Waals surface area contributed by atoms with Crippen LogP contribution in [0.25, 0.3) is 0 Å². The number of aliphatic hydroxyl groups is 4. The summed E-state index contributed by atoms with van der Waals surface area (Å²) in [5.41, 5.74) is 1.30. The second-order valence-electron chi connectivity index (χ2n) is 9.80. The normalized spacial score (nSPS) is 49.2. The Bertz CT molecular complexity index is 1030. The number of carbonyl (C=O) groups excluding carboxylic acids is 1. The fraction of sp³-hybridized carbons (Fsp3) is 0.708. The Hall–Kier alpha value is -0.710. The number of carboxylic acid groups (broad SMARTS) is 1. The minimum atomic E-state index is -2.13. The van der Waals surface area contributed by atoms with Crippen molar-refractivity contribution in [1.82, 2.24) is 0 Å². The Morgan fingerprint density at radius 1 is 1.21 bits per heavy atom. The van der Waals surface area contributed by atoms with Gasteiger partial charge in [0.05, 0.1) is 13.4 Å². The minimum absolute atomic E-state index is 0. The molecule has 1 aliphatic heterocycles. The maximum Gasteiger partial charge on any atom is 1.00 e. The molecule has 9 heteroatoms. The van der Waals surface area contributed by atoms with Crippen molar-refractivity contribution in [1.29, 1.82) is 0 Å². The zero-order chi connectivity index (χ0) is 25.5. The number of ether oxygens (including phenoxy) is 2. The van der Waals surface area contributed by atoms with Crippen molar-refractivity contribution in [2.45, 2.75) is 88.1 Å². The fourth-order valence-corrected chi connectivity index (χ4v) is 6.31. The Kier molecular flexibility index (Phi) is 6.14. The molecular weight excluding hydrogens is 439 g/mol. The van der Waals surface area contributed by atoms with Crippen LogP contribution in [0.15, 0.2) is 18.2 Å². The molecule has 1 saturated heterocycles. The number of rotatable bonds is 3. The molecule has 4 unspecified atom stereocenters. The van der Waals surface area contributed by atoms with Crippen molar-refractivity contribution < 1.29 is 73.5 Å². The SMILES string of the molecule is [2H]C1([2H])CC2C3CCc4cc(O[C@@H]5O[C@H](C(=O)[O-])[C@@H](O)[C@H](O)[C@H]5O)ccc4C3CCC2(C)[C@@]1([2H])O.[Na+]. The molecule has 0 aromatic heterocycles. The smallest absolute Gasteiger partial charge is 0.547 e. The molecule has 1 heterocycles. The van der Waals surface area contributed by atoms with E-state index < -0.39 is 54.5 Å². The third kappa shape index (κ3) is 4.16. The molecule has 176 valence electrons. The van der Waals surface area contributed by atoms with Gasteiger partial charge in [-0.15, -0.1) is 0 Å². The number of hydrogen-bond donors (Lipinski definition) is 4. The second kappa shape index (κ2) is 9.39. The number of carboxylic acids is 1. The Labute approximate surface area is 219 Å². The van der Waals surface area contributed by atoms with Gasteiger partial charge in [0.15, 0.2) is 0 Å². The van der Waals surface area contributed by atoms with Crippen LogP contribution in [0.4, 0.5) is 0 Å². The average Bonchev–Trinajstić information content (AvgIpc) is 2.94. The summed E-state index contributed by atoms with van der Waals surface area (Å²) < 4.78 is 35.9. The van der Waals surface area contributed by atoms with E-state index >= 15 is 0 Å². The van der Waals surface area contributed by atoms with E-state index in [2.05, 4.69) is 0 Å². The van der Waals surface area contributed by atoms with Gasteiger partial charge in [-0.25, -0.2) is 0 Å². The van der Waals surface area contributed by atoms with Gasteiger partial charge in [0.25, 0.3) is 0 Å². The summed E-state index contributed by atoms with van der Waals surface area (Å²) in [5.74, 6) is -1.22. The van der Waals surface area contributed by atoms with Gasteiger partial charge >= 0.3 is 29.6 Å². The molecule has 2 saturated carbocycles. The first-order chi connectivity index (χ1) is 16.3. The second-order valence-corrected chi connectivity index (χ2v) is 9.80. The molecule has 4 aliphatic rings. The summed E-state index contributed by atoms with van der Waals surface area (Å²) >= 11 is 0. The number of fused-ring (bicyclic) bond motifs is 5. The topological polar surface area (TPSA) is 140 Å². The van der Waals surface area contributed by atoms with Crippen molar-refractivity contribution in [2.24, 2.45) is 17.3 Å². The predicted octanol–water partition coefficient (Wildman–Crippen LogP) is -3.16. The summed E-state index contributed by atoms with van der Waals surface area (Å²) in [5, 5.41) is 52.1. The summed E-state index contributed by atoms with van der Waals surface area (Å²) in [6.07, 6.45) is -9.89. The van der Waals surface area contributed by atoms with Crippen molar-refractivity contribution in [3.05, 3.63) is 29.3 Å². The molecule has 4 N–H and O–H groups in total. The molecule has 1 aromatic carbocycles. The van der Waals surface area contributed by atoms with Crippen LogP contribution in [0.1, 0.15) is 60.1 Å². The Morgan fingerprint density at radius 2 is 1.97 bits per heavy atom. The van der Waals surface area contributed by atoms with Gasteiger partial charge in [0, 0.05) is 2.74 Å². The maximum atomic E-state index is 11.2. The van der Waals surface area contributed by atoms with Crippen LogP contribution < -0.4 is 39.4 Å². The van der Waals surface area contributed by atoms with E-state index in [9.17, 15) is 30.3 Å². The van der Waals surface area contributed by atoms with Crippen LogP contribution in [0, 0.1) is 17.3 Å². The molecule has 5 rings (SSSR count). The number of hydrogen-bond acceptors (Lipinski definition) is 8. The van der Waals surface area contributed by atoms with Crippen LogP contribution in [-0.4, -0.2) is 63.2 Å². The first-order valence-electron chi connectivity index (χ1n) is 12.7. The Morgan fingerprint density at radius 3 is 2.70 bits per heavy atom. The maximum absolute atomic E-state index is 11.2. The molecule has 8 nitrogen and oxygen atoms in total. The number of aryl methyl sites for hydroxylation is 1. The average molecular weight is 474 g/mol. The molecule has 0 spiro atoms. The van der Waals surface area contributed by atoms with Crippen molar-refractivity contribution >= 4 is 5.97 Å². The zero-order valence-corrected chi connectivity index (χ0v) is 20.8. The largest absolute Gasteiger partial charge is 1.00 e. The number of benzene rings is 1. The van der Waals surface area contributed by atoms with Crippen LogP contribution >= 0.6 is 0 Å². The molecule has 0 radical (unpaired) electrons. The van der Waals surface area contributed by atoms with Crippen LogP contribution in [0.3, 0.4) is 0 Å². The van der Waals surface area contributed by atoms with Gasteiger partial charge in [-0.1, -0.05) is 13.0 Å². The van der Waals surface area contributed by atoms with Gasteiger partial charge in [-0.05, 0) is 84.9 Å². The third-order valence-corrected chi connectivity index (χ3v) is 8.17. The van der Waals surface area contributed by atoms with Crippen molar-refractivity contribution in [2.75, 3.05) is 0 Å². The Balaban J connectivity index is 0.00000304. The van der Waals surface area contributed by atoms with Crippen LogP contribution in [-0.2, 0) is 16.0 Å². The third-order valence-electron chi connectivity index (χ3n) is 8.17. The van der Waals surface area contributed by atoms with Crippen LogP contribution in [0.5, 0.6) is 5.75 Å². The van der Waals surface area contributed by atoms with Crippen LogP contribution in [0.2, 0.25) is 0 Å². The van der Waals surface area contributed by atoms with E-state index in [0.29, 0.717) is 18.6 Å². The van der Waals surface area contributed by atoms with E-state index in [-0.39, 0.29) is 53.7 Å². The molecule has 0 amide bonds. The van der Waals surface area contributed by atoms with Gasteiger partial charge in [0.1, 0.15) is 30.2 Å². The summed E-state index contributed by atoms with van der Waals surface area (Å²) in [6, 6.07) is 5.36. The van der Waals surface area contributed by atoms with E-state index in [4.69, 9.17) is 13.6 Å². The van der Waals surface area contributed by atoms with E-state index in [1.54, 1.807) is 12.1 Å². The first kappa shape index (κ1) is 21.6. The van der Waals surface area contributed by atoms with E-state index in [0.717, 1.165) is 24.0 Å². The van der Waals surface area contributed by atoms with Crippen molar-refractivity contribution in [3.8, 4) is 5.75 Å². The van der Waals surface area contributed by atoms with Gasteiger partial charge in [-0.3, -0.25) is 0 Å². The number of carbonyl (C=O) groups is 1. The quantitative estimate of drug-likeness (QED) is 0.338. The van der Waals surface area contributed by atoms with E-state index in [1.807, 2.05) is 13.0 Å². The number of aliphatic carboxylic acids is 1. The monoisotopic (exact) mass is 473 g/mol. The molecule has 3 aliphatic carbocycles. The number of aliphatic hydroxyl groups excluding tert-OH is 3. The zero-order valence-electron chi connectivity index (χ0n) is 21.8.